The highest BCUT2D eigenvalue weighted by Crippen LogP contribution is 2.36. The second-order valence-corrected chi connectivity index (χ2v) is 9.52. The zero-order valence-electron chi connectivity index (χ0n) is 18.2. The van der Waals surface area contributed by atoms with Gasteiger partial charge in [0.25, 0.3) is 0 Å². The molecule has 1 unspecified atom stereocenters. The van der Waals surface area contributed by atoms with E-state index in [4.69, 9.17) is 18.8 Å². The standard InChI is InChI=1S/C20H30BFN2O5/c1-18(2,3)27-17(25)24-8-9-26-15(12-24)14-10-13(11-16(22)23-14)21-28-19(4,5)20(6,7)29-21/h10-11,15H,8-9,12H2,1-7H3. The second kappa shape index (κ2) is 7.52. The lowest BCUT2D eigenvalue weighted by atomic mass is 9.79. The molecule has 2 aliphatic rings. The monoisotopic (exact) mass is 408 g/mol. The number of carbonyl (C=O) groups is 1. The molecule has 160 valence electrons. The van der Waals surface area contributed by atoms with E-state index < -0.39 is 42.1 Å². The predicted molar refractivity (Wildman–Crippen MR) is 106 cm³/mol. The summed E-state index contributed by atoms with van der Waals surface area (Å²) < 4.78 is 37.6. The van der Waals surface area contributed by atoms with Crippen molar-refractivity contribution in [2.75, 3.05) is 19.7 Å². The molecule has 9 heteroatoms. The molecule has 0 N–H and O–H groups in total. The first-order chi connectivity index (χ1) is 13.3. The van der Waals surface area contributed by atoms with Crippen LogP contribution in [-0.2, 0) is 18.8 Å². The summed E-state index contributed by atoms with van der Waals surface area (Å²) >= 11 is 0. The molecule has 1 atom stereocenters. The van der Waals surface area contributed by atoms with E-state index in [1.165, 1.54) is 6.07 Å². The van der Waals surface area contributed by atoms with Gasteiger partial charge in [0.2, 0.25) is 5.95 Å². The molecule has 0 aliphatic carbocycles. The van der Waals surface area contributed by atoms with Crippen LogP contribution in [0.4, 0.5) is 9.18 Å². The number of amides is 1. The van der Waals surface area contributed by atoms with Crippen LogP contribution >= 0.6 is 0 Å². The first-order valence-electron chi connectivity index (χ1n) is 9.90. The Morgan fingerprint density at radius 3 is 2.45 bits per heavy atom. The summed E-state index contributed by atoms with van der Waals surface area (Å²) in [4.78, 5) is 17.9. The van der Waals surface area contributed by atoms with E-state index in [1.807, 2.05) is 48.5 Å². The van der Waals surface area contributed by atoms with Crippen molar-refractivity contribution in [1.29, 1.82) is 0 Å². The summed E-state index contributed by atoms with van der Waals surface area (Å²) in [5.74, 6) is -0.648. The van der Waals surface area contributed by atoms with Crippen molar-refractivity contribution in [3.8, 4) is 0 Å². The lowest BCUT2D eigenvalue weighted by Gasteiger charge is -2.34. The summed E-state index contributed by atoms with van der Waals surface area (Å²) in [5.41, 5.74) is -0.739. The largest absolute Gasteiger partial charge is 0.495 e. The smallest absolute Gasteiger partial charge is 0.444 e. The molecule has 0 aromatic carbocycles. The van der Waals surface area contributed by atoms with Gasteiger partial charge < -0.3 is 23.7 Å². The molecule has 1 amide bonds. The van der Waals surface area contributed by atoms with Crippen molar-refractivity contribution >= 4 is 18.7 Å². The van der Waals surface area contributed by atoms with Gasteiger partial charge >= 0.3 is 13.2 Å². The molecule has 0 saturated carbocycles. The highest BCUT2D eigenvalue weighted by Gasteiger charge is 2.52. The first kappa shape index (κ1) is 22.0. The molecule has 0 radical (unpaired) electrons. The first-order valence-corrected chi connectivity index (χ1v) is 9.90. The third-order valence-corrected chi connectivity index (χ3v) is 5.41. The molecule has 1 aromatic heterocycles. The number of ether oxygens (including phenoxy) is 2. The van der Waals surface area contributed by atoms with Gasteiger partial charge in [-0.3, -0.25) is 0 Å². The molecular weight excluding hydrogens is 378 g/mol. The van der Waals surface area contributed by atoms with Gasteiger partial charge in [-0.05, 0) is 66.1 Å². The van der Waals surface area contributed by atoms with Crippen molar-refractivity contribution in [1.82, 2.24) is 9.88 Å². The average Bonchev–Trinajstić information content (AvgIpc) is 2.81. The second-order valence-electron chi connectivity index (χ2n) is 9.52. The fourth-order valence-electron chi connectivity index (χ4n) is 3.14. The Morgan fingerprint density at radius 2 is 1.86 bits per heavy atom. The van der Waals surface area contributed by atoms with Gasteiger partial charge in [0, 0.05) is 6.54 Å². The number of pyridine rings is 1. The summed E-state index contributed by atoms with van der Waals surface area (Å²) in [6, 6.07) is 3.02. The van der Waals surface area contributed by atoms with Gasteiger partial charge in [-0.25, -0.2) is 9.78 Å². The number of carbonyl (C=O) groups excluding carboxylic acids is 1. The molecule has 2 saturated heterocycles. The summed E-state index contributed by atoms with van der Waals surface area (Å²) in [5, 5.41) is 0. The number of aromatic nitrogens is 1. The van der Waals surface area contributed by atoms with Crippen molar-refractivity contribution < 1.29 is 28.0 Å². The lowest BCUT2D eigenvalue weighted by Crippen LogP contribution is -2.45. The fourth-order valence-corrected chi connectivity index (χ4v) is 3.14. The maximum atomic E-state index is 14.3. The topological polar surface area (TPSA) is 70.1 Å². The van der Waals surface area contributed by atoms with Crippen LogP contribution in [0.5, 0.6) is 0 Å². The number of hydrogen-bond acceptors (Lipinski definition) is 6. The van der Waals surface area contributed by atoms with Crippen LogP contribution in [0, 0.1) is 5.95 Å². The maximum Gasteiger partial charge on any atom is 0.495 e. The van der Waals surface area contributed by atoms with Crippen LogP contribution in [0.3, 0.4) is 0 Å². The molecule has 0 bridgehead atoms. The van der Waals surface area contributed by atoms with Crippen LogP contribution in [0.15, 0.2) is 12.1 Å². The van der Waals surface area contributed by atoms with E-state index in [9.17, 15) is 9.18 Å². The Balaban J connectivity index is 1.79. The van der Waals surface area contributed by atoms with E-state index in [1.54, 1.807) is 11.0 Å². The Kier molecular flexibility index (Phi) is 5.70. The molecule has 1 aromatic rings. The Morgan fingerprint density at radius 1 is 1.24 bits per heavy atom. The number of rotatable bonds is 2. The van der Waals surface area contributed by atoms with Crippen molar-refractivity contribution in [3.05, 3.63) is 23.8 Å². The molecule has 3 rings (SSSR count). The summed E-state index contributed by atoms with van der Waals surface area (Å²) in [6.45, 7) is 14.1. The van der Waals surface area contributed by atoms with E-state index in [-0.39, 0.29) is 6.54 Å². The van der Waals surface area contributed by atoms with Gasteiger partial charge in [0.05, 0.1) is 30.0 Å². The van der Waals surface area contributed by atoms with Gasteiger partial charge in [-0.2, -0.15) is 4.39 Å². The minimum absolute atomic E-state index is 0.230. The number of halogens is 1. The highest BCUT2D eigenvalue weighted by molar-refractivity contribution is 6.62. The predicted octanol–water partition coefficient (Wildman–Crippen LogP) is 2.83. The number of nitrogens with zero attached hydrogens (tertiary/aromatic N) is 2. The average molecular weight is 408 g/mol. The zero-order valence-corrected chi connectivity index (χ0v) is 18.2. The van der Waals surface area contributed by atoms with Crippen LogP contribution in [0.2, 0.25) is 0 Å². The van der Waals surface area contributed by atoms with Crippen LogP contribution in [0.25, 0.3) is 0 Å². The van der Waals surface area contributed by atoms with E-state index in [2.05, 4.69) is 4.98 Å². The molecule has 29 heavy (non-hydrogen) atoms. The minimum Gasteiger partial charge on any atom is -0.444 e. The molecule has 2 fully saturated rings. The SMILES string of the molecule is CC(C)(C)OC(=O)N1CCOC(c2cc(B3OC(C)(C)C(C)(C)O3)cc(F)n2)C1. The van der Waals surface area contributed by atoms with Crippen molar-refractivity contribution in [2.24, 2.45) is 0 Å². The van der Waals surface area contributed by atoms with E-state index >= 15 is 0 Å². The lowest BCUT2D eigenvalue weighted by molar-refractivity contribution is -0.0448. The summed E-state index contributed by atoms with van der Waals surface area (Å²) in [7, 11) is -0.707. The fraction of sp³-hybridized carbons (Fsp3) is 0.700. The minimum atomic E-state index is -0.707. The van der Waals surface area contributed by atoms with Gasteiger partial charge in [-0.15, -0.1) is 0 Å². The quantitative estimate of drug-likeness (QED) is 0.554. The zero-order chi connectivity index (χ0) is 21.6. The normalized spacial score (nSPS) is 23.9. The third kappa shape index (κ3) is 4.90. The Labute approximate surface area is 172 Å². The van der Waals surface area contributed by atoms with E-state index in [0.29, 0.717) is 24.3 Å². The highest BCUT2D eigenvalue weighted by atomic mass is 19.1. The number of hydrogen-bond donors (Lipinski definition) is 0. The number of morpholine rings is 1. The van der Waals surface area contributed by atoms with Crippen molar-refractivity contribution in [2.45, 2.75) is 71.4 Å². The van der Waals surface area contributed by atoms with Crippen LogP contribution < -0.4 is 5.46 Å². The molecule has 0 spiro atoms. The molecular formula is C20H30BFN2O5. The molecule has 3 heterocycles. The Hall–Kier alpha value is -1.71. The van der Waals surface area contributed by atoms with Crippen LogP contribution in [0.1, 0.15) is 60.3 Å². The molecule has 2 aliphatic heterocycles. The van der Waals surface area contributed by atoms with Gasteiger partial charge in [0.1, 0.15) is 11.7 Å². The third-order valence-electron chi connectivity index (χ3n) is 5.41. The molecule has 7 nitrogen and oxygen atoms in total. The van der Waals surface area contributed by atoms with Crippen molar-refractivity contribution in [3.63, 3.8) is 0 Å². The Bertz CT molecular complexity index is 765. The van der Waals surface area contributed by atoms with Gasteiger partial charge in [-0.1, -0.05) is 0 Å². The van der Waals surface area contributed by atoms with E-state index in [0.717, 1.165) is 0 Å². The van der Waals surface area contributed by atoms with Gasteiger partial charge in [0.15, 0.2) is 0 Å². The van der Waals surface area contributed by atoms with Crippen LogP contribution in [-0.4, -0.2) is 59.6 Å². The maximum absolute atomic E-state index is 14.3. The summed E-state index contributed by atoms with van der Waals surface area (Å²) in [6.07, 6.45) is -0.985.